The van der Waals surface area contributed by atoms with E-state index < -0.39 is 13.1 Å². The van der Waals surface area contributed by atoms with Gasteiger partial charge in [-0.25, -0.2) is 5.57 Å². The quantitative estimate of drug-likeness (QED) is 0.136. The molecular weight excluding hydrogens is 807 g/mol. The fraction of sp³-hybridized carbons (Fsp3) is 0.511. The first-order valence-electron chi connectivity index (χ1n) is 18.7. The van der Waals surface area contributed by atoms with E-state index in [0.29, 0.717) is 0 Å². The molecule has 0 bridgehead atoms. The summed E-state index contributed by atoms with van der Waals surface area (Å²) in [4.78, 5) is 14.1. The predicted molar refractivity (Wildman–Crippen MR) is 238 cm³/mol. The number of hydrogen-bond acceptors (Lipinski definition) is 6. The Morgan fingerprint density at radius 1 is 0.446 bits per heavy atom. The van der Waals surface area contributed by atoms with Crippen molar-refractivity contribution in [3.05, 3.63) is 74.4 Å². The molecule has 11 heteroatoms. The van der Waals surface area contributed by atoms with E-state index in [0.717, 1.165) is 0 Å². The topological polar surface area (TPSA) is 19.4 Å². The van der Waals surface area contributed by atoms with Crippen molar-refractivity contribution in [1.29, 1.82) is 0 Å². The van der Waals surface area contributed by atoms with E-state index in [9.17, 15) is 0 Å². The Hall–Kier alpha value is -2.26. The molecule has 0 saturated heterocycles. The van der Waals surface area contributed by atoms with Crippen LogP contribution in [0.25, 0.3) is 0 Å². The molecule has 1 aliphatic rings. The van der Waals surface area contributed by atoms with Crippen LogP contribution in [0.1, 0.15) is 61.1 Å². The zero-order valence-corrected chi connectivity index (χ0v) is 43.4. The number of anilines is 6. The van der Waals surface area contributed by atoms with Gasteiger partial charge in [-0.3, -0.25) is 6.08 Å². The third-order valence-corrected chi connectivity index (χ3v) is 18.3. The van der Waals surface area contributed by atoms with Gasteiger partial charge in [0.25, 0.3) is 0 Å². The maximum absolute atomic E-state index is 4.33. The second kappa shape index (κ2) is 19.2. The number of benzene rings is 3. The molecule has 0 N–H and O–H groups in total. The fourth-order valence-corrected chi connectivity index (χ4v) is 17.5. The molecule has 3 aromatic rings. The molecule has 0 aliphatic heterocycles. The number of allylic oxidation sites excluding steroid dienone is 4. The van der Waals surface area contributed by atoms with Crippen molar-refractivity contribution in [1.82, 2.24) is 0 Å². The maximum atomic E-state index is 4.33. The summed E-state index contributed by atoms with van der Waals surface area (Å²) in [5, 5.41) is 3.99. The van der Waals surface area contributed by atoms with Crippen LogP contribution >= 0.6 is 0 Å². The molecule has 4 rings (SSSR count). The van der Waals surface area contributed by atoms with Gasteiger partial charge in [0.15, 0.2) is 8.07 Å². The van der Waals surface area contributed by atoms with Crippen molar-refractivity contribution in [2.75, 3.05) is 114 Å². The summed E-state index contributed by atoms with van der Waals surface area (Å²) in [6, 6.07) is 7.41. The summed E-state index contributed by atoms with van der Waals surface area (Å²) in [5.41, 5.74) is 19.7. The summed E-state index contributed by atoms with van der Waals surface area (Å²) < 4.78 is 0. The Morgan fingerprint density at radius 2 is 0.696 bits per heavy atom. The van der Waals surface area contributed by atoms with E-state index >= 15 is 0 Å². The van der Waals surface area contributed by atoms with Crippen LogP contribution in [0.4, 0.5) is 34.1 Å². The molecule has 0 spiro atoms. The standard InChI is InChI=1S/C45H69N6Si.3ClH.Ti/c1-27-23-36(46(11)12)32(6)39(49(17)18)42(27)52(45(10)26-30(4)31(5)35(45)9,43-28(2)24-37(47(13)14)33(7)40(43)50(19)20)44-29(3)25-38(48(15)16)34(8)41(44)51(21)22;;;;/h23-25H,1-22H3;3*1H;/q-1;;;;+4/p-3. The van der Waals surface area contributed by atoms with Crippen LogP contribution in [0, 0.1) is 47.6 Å². The van der Waals surface area contributed by atoms with Gasteiger partial charge in [0.05, 0.1) is 0 Å². The van der Waals surface area contributed by atoms with Gasteiger partial charge in [0, 0.05) is 119 Å². The van der Waals surface area contributed by atoms with Crippen LogP contribution < -0.4 is 82.2 Å². The average Bonchev–Trinajstić information content (AvgIpc) is 3.22. The minimum Gasteiger partial charge on any atom is -1.00 e. The molecule has 3 aromatic carbocycles. The van der Waals surface area contributed by atoms with E-state index in [1.807, 2.05) is 0 Å². The van der Waals surface area contributed by atoms with Crippen molar-refractivity contribution in [2.45, 2.75) is 74.3 Å². The van der Waals surface area contributed by atoms with E-state index in [2.05, 4.69) is 207 Å². The first-order valence-corrected chi connectivity index (χ1v) is 20.7. The molecule has 308 valence electrons. The average molecular weight is 876 g/mol. The Bertz CT molecular complexity index is 1800. The van der Waals surface area contributed by atoms with Crippen LogP contribution in [-0.2, 0) is 21.7 Å². The third-order valence-electron chi connectivity index (χ3n) is 12.1. The molecule has 0 amide bonds. The molecule has 1 atom stereocenters. The molecule has 0 radical (unpaired) electrons. The molecule has 6 nitrogen and oxygen atoms in total. The van der Waals surface area contributed by atoms with Gasteiger partial charge >= 0.3 is 21.7 Å². The van der Waals surface area contributed by atoms with Crippen molar-refractivity contribution in [2.24, 2.45) is 0 Å². The van der Waals surface area contributed by atoms with Crippen LogP contribution in [0.2, 0.25) is 5.04 Å². The number of hydrogen-bond donors (Lipinski definition) is 0. The normalized spacial score (nSPS) is 14.9. The number of halogens is 3. The predicted octanol–water partition coefficient (Wildman–Crippen LogP) is -1.73. The third kappa shape index (κ3) is 8.16. The first kappa shape index (κ1) is 53.7. The largest absolute Gasteiger partial charge is 4.00 e. The van der Waals surface area contributed by atoms with Crippen LogP contribution in [0.5, 0.6) is 0 Å². The summed E-state index contributed by atoms with van der Waals surface area (Å²) in [7, 11) is 23.2. The van der Waals surface area contributed by atoms with Crippen LogP contribution in [0.3, 0.4) is 0 Å². The smallest absolute Gasteiger partial charge is 1.00 e. The Balaban J connectivity index is 0.00000756. The maximum Gasteiger partial charge on any atom is 4.00 e. The molecule has 56 heavy (non-hydrogen) atoms. The van der Waals surface area contributed by atoms with Crippen molar-refractivity contribution < 1.29 is 58.9 Å². The molecule has 0 aromatic heterocycles. The van der Waals surface area contributed by atoms with Crippen molar-refractivity contribution in [3.63, 3.8) is 0 Å². The van der Waals surface area contributed by atoms with Crippen molar-refractivity contribution in [3.8, 4) is 0 Å². The summed E-state index contributed by atoms with van der Waals surface area (Å²) in [6.45, 7) is 23.7. The van der Waals surface area contributed by atoms with Gasteiger partial charge in [0.2, 0.25) is 0 Å². The summed E-state index contributed by atoms with van der Waals surface area (Å²) >= 11 is 0. The van der Waals surface area contributed by atoms with Gasteiger partial charge < -0.3 is 66.6 Å². The molecule has 0 heterocycles. The summed E-state index contributed by atoms with van der Waals surface area (Å²) in [6.07, 6.45) is 4.33. The molecule has 0 fully saturated rings. The Kier molecular flexibility index (Phi) is 18.4. The van der Waals surface area contributed by atoms with Gasteiger partial charge in [0.1, 0.15) is 0 Å². The SMILES string of the molecule is CC1=[C-]C(C)([Si](c2c(C)cc(N(C)C)c(C)c2N(C)C)(c2c(C)cc(N(C)C)c(C)c2N(C)C)c2c(C)cc(N(C)C)c(C)c2N(C)C)C(C)=C1C.[Cl-].[Cl-].[Cl-].[Ti+4]. The molecule has 1 aliphatic carbocycles. The summed E-state index contributed by atoms with van der Waals surface area (Å²) in [5.74, 6) is 0. The van der Waals surface area contributed by atoms with Crippen LogP contribution in [0.15, 0.2) is 34.9 Å². The van der Waals surface area contributed by atoms with Gasteiger partial charge in [-0.15, -0.1) is 6.92 Å². The van der Waals surface area contributed by atoms with Crippen molar-refractivity contribution >= 4 is 57.8 Å². The number of nitrogens with zero attached hydrogens (tertiary/aromatic N) is 6. The number of rotatable bonds is 10. The molecular formula is C45H69Cl3N6SiTi. The minimum absolute atomic E-state index is 0. The van der Waals surface area contributed by atoms with Crippen LogP contribution in [-0.4, -0.2) is 92.6 Å². The number of aryl methyl sites for hydroxylation is 3. The molecule has 1 unspecified atom stereocenters. The van der Waals surface area contributed by atoms with E-state index in [4.69, 9.17) is 0 Å². The van der Waals surface area contributed by atoms with Gasteiger partial charge in [-0.05, 0) is 109 Å². The second-order valence-corrected chi connectivity index (χ2v) is 20.9. The van der Waals surface area contributed by atoms with Gasteiger partial charge in [-0.1, -0.05) is 25.8 Å². The second-order valence-electron chi connectivity index (χ2n) is 16.9. The van der Waals surface area contributed by atoms with E-state index in [1.165, 1.54) is 99.8 Å². The fourth-order valence-electron chi connectivity index (χ4n) is 9.85. The zero-order valence-electron chi connectivity index (χ0n) is 38.5. The van der Waals surface area contributed by atoms with Gasteiger partial charge in [-0.2, -0.15) is 11.1 Å². The van der Waals surface area contributed by atoms with E-state index in [-0.39, 0.29) is 58.9 Å². The molecule has 0 saturated carbocycles. The minimum atomic E-state index is -3.36. The Labute approximate surface area is 376 Å². The zero-order chi connectivity index (χ0) is 39.7. The monoisotopic (exact) mass is 874 g/mol. The van der Waals surface area contributed by atoms with E-state index in [1.54, 1.807) is 0 Å². The first-order chi connectivity index (χ1) is 23.9. The Morgan fingerprint density at radius 3 is 0.875 bits per heavy atom.